The van der Waals surface area contributed by atoms with Gasteiger partial charge in [-0.05, 0) is 40.2 Å². The van der Waals surface area contributed by atoms with Crippen molar-refractivity contribution in [3.8, 4) is 6.07 Å². The molecule has 0 spiro atoms. The molecule has 0 aliphatic heterocycles. The van der Waals surface area contributed by atoms with Gasteiger partial charge >= 0.3 is 11.9 Å². The molecule has 0 aromatic carbocycles. The Hall–Kier alpha value is -2.33. The van der Waals surface area contributed by atoms with Crippen LogP contribution in [0.5, 0.6) is 0 Å². The van der Waals surface area contributed by atoms with Crippen molar-refractivity contribution in [1.29, 1.82) is 5.26 Å². The Morgan fingerprint density at radius 1 is 1.38 bits per heavy atom. The maximum atomic E-state index is 12.0. The average Bonchev–Trinajstić information content (AvgIpc) is 2.89. The number of aryl methyl sites for hydroxylation is 1. The minimum atomic E-state index is -0.720. The number of nitrogens with zero attached hydrogens (tertiary/aromatic N) is 1. The SMILES string of the molecule is CCOC(=O)c1cc(CC)sc1N/C=C(/C#N)C(=O)OC(C)(C)C. The zero-order valence-electron chi connectivity index (χ0n) is 14.6. The van der Waals surface area contributed by atoms with Crippen LogP contribution in [0.2, 0.25) is 0 Å². The molecule has 0 aliphatic rings. The summed E-state index contributed by atoms with van der Waals surface area (Å²) in [6.45, 7) is 9.14. The molecule has 24 heavy (non-hydrogen) atoms. The molecule has 0 unspecified atom stereocenters. The molecule has 0 atom stereocenters. The minimum Gasteiger partial charge on any atom is -0.462 e. The van der Waals surface area contributed by atoms with E-state index in [1.807, 2.05) is 6.92 Å². The van der Waals surface area contributed by atoms with Crippen LogP contribution in [0, 0.1) is 11.3 Å². The molecule has 6 nitrogen and oxygen atoms in total. The van der Waals surface area contributed by atoms with Gasteiger partial charge in [0.05, 0.1) is 12.2 Å². The molecule has 1 aromatic heterocycles. The first kappa shape index (κ1) is 19.7. The van der Waals surface area contributed by atoms with Gasteiger partial charge in [0.25, 0.3) is 0 Å². The third-order valence-electron chi connectivity index (χ3n) is 2.71. The summed E-state index contributed by atoms with van der Waals surface area (Å²) < 4.78 is 10.2. The molecule has 0 aliphatic carbocycles. The molecule has 0 bridgehead atoms. The monoisotopic (exact) mass is 350 g/mol. The summed E-state index contributed by atoms with van der Waals surface area (Å²) in [4.78, 5) is 24.9. The Morgan fingerprint density at radius 3 is 2.54 bits per heavy atom. The summed E-state index contributed by atoms with van der Waals surface area (Å²) >= 11 is 1.37. The summed E-state index contributed by atoms with van der Waals surface area (Å²) in [7, 11) is 0. The Labute approximate surface area is 146 Å². The van der Waals surface area contributed by atoms with Gasteiger partial charge < -0.3 is 14.8 Å². The number of rotatable bonds is 6. The van der Waals surface area contributed by atoms with E-state index < -0.39 is 17.5 Å². The lowest BCUT2D eigenvalue weighted by Gasteiger charge is -2.18. The molecule has 1 heterocycles. The molecular weight excluding hydrogens is 328 g/mol. The zero-order valence-corrected chi connectivity index (χ0v) is 15.4. The van der Waals surface area contributed by atoms with Crippen molar-refractivity contribution in [3.05, 3.63) is 28.3 Å². The standard InChI is InChI=1S/C17H22N2O4S/c1-6-12-8-13(16(21)22-7-2)14(24-12)19-10-11(9-18)15(20)23-17(3,4)5/h8,10,19H,6-7H2,1-5H3/b11-10-. The van der Waals surface area contributed by atoms with Crippen molar-refractivity contribution in [2.45, 2.75) is 46.6 Å². The third-order valence-corrected chi connectivity index (χ3v) is 3.92. The van der Waals surface area contributed by atoms with Gasteiger partial charge in [-0.3, -0.25) is 0 Å². The first-order chi connectivity index (χ1) is 11.2. The summed E-state index contributed by atoms with van der Waals surface area (Å²) in [6, 6.07) is 3.55. The fourth-order valence-corrected chi connectivity index (χ4v) is 2.64. The molecule has 1 N–H and O–H groups in total. The number of ether oxygens (including phenoxy) is 2. The molecule has 0 amide bonds. The third kappa shape index (κ3) is 5.70. The topological polar surface area (TPSA) is 88.4 Å². The summed E-state index contributed by atoms with van der Waals surface area (Å²) in [5, 5.41) is 12.5. The van der Waals surface area contributed by atoms with Gasteiger partial charge in [-0.2, -0.15) is 5.26 Å². The van der Waals surface area contributed by atoms with E-state index in [0.717, 1.165) is 11.3 Å². The van der Waals surface area contributed by atoms with Gasteiger partial charge in [-0.15, -0.1) is 11.3 Å². The highest BCUT2D eigenvalue weighted by Crippen LogP contribution is 2.29. The fourth-order valence-electron chi connectivity index (χ4n) is 1.69. The van der Waals surface area contributed by atoms with Crippen molar-refractivity contribution in [2.24, 2.45) is 0 Å². The molecule has 0 saturated heterocycles. The number of esters is 2. The van der Waals surface area contributed by atoms with Gasteiger partial charge in [0.2, 0.25) is 0 Å². The van der Waals surface area contributed by atoms with Crippen molar-refractivity contribution < 1.29 is 19.1 Å². The van der Waals surface area contributed by atoms with Crippen LogP contribution in [0.15, 0.2) is 17.8 Å². The van der Waals surface area contributed by atoms with Gasteiger partial charge in [-0.1, -0.05) is 6.92 Å². The number of thiophene rings is 1. The molecule has 1 rings (SSSR count). The Balaban J connectivity index is 3.02. The average molecular weight is 350 g/mol. The van der Waals surface area contributed by atoms with Crippen molar-refractivity contribution in [3.63, 3.8) is 0 Å². The van der Waals surface area contributed by atoms with E-state index in [0.29, 0.717) is 10.6 Å². The highest BCUT2D eigenvalue weighted by Gasteiger charge is 2.21. The second-order valence-electron chi connectivity index (χ2n) is 5.85. The van der Waals surface area contributed by atoms with E-state index in [9.17, 15) is 9.59 Å². The summed E-state index contributed by atoms with van der Waals surface area (Å²) in [5.74, 6) is -1.16. The minimum absolute atomic E-state index is 0.175. The van der Waals surface area contributed by atoms with Crippen LogP contribution in [0.3, 0.4) is 0 Å². The maximum Gasteiger partial charge on any atom is 0.350 e. The fraction of sp³-hybridized carbons (Fsp3) is 0.471. The second kappa shape index (κ2) is 8.50. The highest BCUT2D eigenvalue weighted by atomic mass is 32.1. The van der Waals surface area contributed by atoms with E-state index >= 15 is 0 Å². The summed E-state index contributed by atoms with van der Waals surface area (Å²) in [6.07, 6.45) is 2.02. The maximum absolute atomic E-state index is 12.0. The van der Waals surface area contributed by atoms with Crippen molar-refractivity contribution in [2.75, 3.05) is 11.9 Å². The van der Waals surface area contributed by atoms with E-state index in [1.165, 1.54) is 17.5 Å². The Morgan fingerprint density at radius 2 is 2.04 bits per heavy atom. The molecule has 1 aromatic rings. The lowest BCUT2D eigenvalue weighted by molar-refractivity contribution is -0.149. The second-order valence-corrected chi connectivity index (χ2v) is 6.98. The van der Waals surface area contributed by atoms with Crippen LogP contribution in [0.25, 0.3) is 0 Å². The van der Waals surface area contributed by atoms with Gasteiger partial charge in [0.15, 0.2) is 5.57 Å². The van der Waals surface area contributed by atoms with Gasteiger partial charge in [0.1, 0.15) is 16.7 Å². The number of anilines is 1. The smallest absolute Gasteiger partial charge is 0.350 e. The van der Waals surface area contributed by atoms with Crippen LogP contribution >= 0.6 is 11.3 Å². The lowest BCUT2D eigenvalue weighted by atomic mass is 10.2. The van der Waals surface area contributed by atoms with E-state index in [2.05, 4.69) is 5.32 Å². The molecule has 0 fully saturated rings. The van der Waals surface area contributed by atoms with Crippen LogP contribution in [-0.4, -0.2) is 24.1 Å². The Bertz CT molecular complexity index is 678. The molecule has 0 radical (unpaired) electrons. The van der Waals surface area contributed by atoms with E-state index in [4.69, 9.17) is 14.7 Å². The largest absolute Gasteiger partial charge is 0.462 e. The van der Waals surface area contributed by atoms with Crippen LogP contribution < -0.4 is 5.32 Å². The van der Waals surface area contributed by atoms with Gasteiger partial charge in [0, 0.05) is 11.1 Å². The number of carbonyl (C=O) groups is 2. The number of carbonyl (C=O) groups excluding carboxylic acids is 2. The van der Waals surface area contributed by atoms with Crippen LogP contribution in [-0.2, 0) is 20.7 Å². The van der Waals surface area contributed by atoms with Crippen LogP contribution in [0.4, 0.5) is 5.00 Å². The molecule has 7 heteroatoms. The normalized spacial score (nSPS) is 11.6. The predicted molar refractivity (Wildman–Crippen MR) is 92.8 cm³/mol. The number of nitrogens with one attached hydrogen (secondary N) is 1. The molecular formula is C17H22N2O4S. The van der Waals surface area contributed by atoms with Crippen LogP contribution in [0.1, 0.15) is 49.9 Å². The first-order valence-corrected chi connectivity index (χ1v) is 8.43. The quantitative estimate of drug-likeness (QED) is 0.478. The van der Waals surface area contributed by atoms with E-state index in [1.54, 1.807) is 39.8 Å². The Kier molecular flexibility index (Phi) is 6.98. The lowest BCUT2D eigenvalue weighted by Crippen LogP contribution is -2.24. The number of hydrogen-bond donors (Lipinski definition) is 1. The number of hydrogen-bond acceptors (Lipinski definition) is 7. The predicted octanol–water partition coefficient (Wildman–Crippen LogP) is 3.65. The van der Waals surface area contributed by atoms with E-state index in [-0.39, 0.29) is 12.2 Å². The molecule has 0 saturated carbocycles. The molecule has 130 valence electrons. The van der Waals surface area contributed by atoms with Crippen molar-refractivity contribution >= 4 is 28.3 Å². The number of nitriles is 1. The highest BCUT2D eigenvalue weighted by molar-refractivity contribution is 7.16. The summed E-state index contributed by atoms with van der Waals surface area (Å²) in [5.41, 5.74) is -0.482. The first-order valence-electron chi connectivity index (χ1n) is 7.61. The van der Waals surface area contributed by atoms with Crippen molar-refractivity contribution in [1.82, 2.24) is 0 Å². The van der Waals surface area contributed by atoms with Gasteiger partial charge in [-0.25, -0.2) is 9.59 Å². The zero-order chi connectivity index (χ0) is 18.3.